The molecule has 0 amide bonds. The Morgan fingerprint density at radius 3 is 2.27 bits per heavy atom. The number of pyridine rings is 1. The van der Waals surface area contributed by atoms with Gasteiger partial charge in [-0.1, -0.05) is 36.4 Å². The first kappa shape index (κ1) is 16.4. The van der Waals surface area contributed by atoms with Crippen LogP contribution in [-0.2, 0) is 0 Å². The number of nitrogens with zero attached hydrogens (tertiary/aromatic N) is 1. The molecule has 1 atom stereocenters. The van der Waals surface area contributed by atoms with Crippen molar-refractivity contribution in [3.63, 3.8) is 0 Å². The molecule has 0 aliphatic rings. The minimum Gasteiger partial charge on any atom is -0.491 e. The van der Waals surface area contributed by atoms with Gasteiger partial charge in [-0.2, -0.15) is 0 Å². The zero-order valence-corrected chi connectivity index (χ0v) is 14.5. The molecule has 130 valence electrons. The molecule has 0 unspecified atom stereocenters. The van der Waals surface area contributed by atoms with Gasteiger partial charge in [-0.15, -0.1) is 0 Å². The molecule has 2 aromatic heterocycles. The molecule has 4 nitrogen and oxygen atoms in total. The molecule has 0 radical (unpaired) electrons. The van der Waals surface area contributed by atoms with Crippen molar-refractivity contribution in [2.45, 2.75) is 13.0 Å². The Balaban J connectivity index is 1.53. The molecule has 0 saturated heterocycles. The Morgan fingerprint density at radius 1 is 0.962 bits per heavy atom. The van der Waals surface area contributed by atoms with Gasteiger partial charge in [0, 0.05) is 17.3 Å². The first-order valence-electron chi connectivity index (χ1n) is 8.63. The van der Waals surface area contributed by atoms with Crippen molar-refractivity contribution in [2.24, 2.45) is 0 Å². The van der Waals surface area contributed by atoms with Crippen LogP contribution in [0.15, 0.2) is 73.1 Å². The van der Waals surface area contributed by atoms with Crippen LogP contribution in [0.4, 0.5) is 0 Å². The molecule has 4 aromatic rings. The summed E-state index contributed by atoms with van der Waals surface area (Å²) in [5, 5.41) is 10.4. The van der Waals surface area contributed by atoms with Gasteiger partial charge in [0.15, 0.2) is 0 Å². The van der Waals surface area contributed by atoms with Gasteiger partial charge in [0.1, 0.15) is 12.4 Å². The number of hydrogen-bond acceptors (Lipinski definition) is 3. The van der Waals surface area contributed by atoms with Crippen molar-refractivity contribution >= 4 is 10.9 Å². The van der Waals surface area contributed by atoms with Crippen LogP contribution < -0.4 is 4.74 Å². The molecule has 4 heteroatoms. The summed E-state index contributed by atoms with van der Waals surface area (Å²) in [4.78, 5) is 7.55. The number of nitrogens with one attached hydrogen (secondary N) is 1. The summed E-state index contributed by atoms with van der Waals surface area (Å²) in [6.07, 6.45) is 3.18. The minimum atomic E-state index is -0.470. The van der Waals surface area contributed by atoms with E-state index in [1.165, 1.54) is 0 Å². The normalized spacial score (nSPS) is 12.2. The van der Waals surface area contributed by atoms with Crippen molar-refractivity contribution in [1.82, 2.24) is 9.97 Å². The Bertz CT molecular complexity index is 969. The van der Waals surface area contributed by atoms with E-state index in [1.54, 1.807) is 13.1 Å². The third-order valence-electron chi connectivity index (χ3n) is 4.30. The topological polar surface area (TPSA) is 58.1 Å². The van der Waals surface area contributed by atoms with E-state index in [-0.39, 0.29) is 0 Å². The standard InChI is InChI=1S/C22H20N2O2/c1-15(25)14-26-20-8-6-17(7-9-20)16-2-4-18(5-3-16)21-12-19-10-11-23-13-22(19)24-21/h2-13,15,24-25H,14H2,1H3/t15-/m1/s1. The Labute approximate surface area is 152 Å². The first-order valence-corrected chi connectivity index (χ1v) is 8.63. The van der Waals surface area contributed by atoms with Gasteiger partial charge >= 0.3 is 0 Å². The summed E-state index contributed by atoms with van der Waals surface area (Å²) in [6.45, 7) is 2.01. The maximum atomic E-state index is 9.28. The van der Waals surface area contributed by atoms with Gasteiger partial charge in [-0.05, 0) is 47.9 Å². The van der Waals surface area contributed by atoms with Gasteiger partial charge in [-0.3, -0.25) is 4.98 Å². The van der Waals surface area contributed by atoms with Crippen LogP contribution in [0.1, 0.15) is 6.92 Å². The van der Waals surface area contributed by atoms with E-state index < -0.39 is 6.10 Å². The number of benzene rings is 2. The van der Waals surface area contributed by atoms with Crippen molar-refractivity contribution in [2.75, 3.05) is 6.61 Å². The van der Waals surface area contributed by atoms with Crippen molar-refractivity contribution < 1.29 is 9.84 Å². The largest absolute Gasteiger partial charge is 0.491 e. The fourth-order valence-corrected chi connectivity index (χ4v) is 2.93. The Hall–Kier alpha value is -3.11. The van der Waals surface area contributed by atoms with Gasteiger partial charge in [0.05, 0.1) is 17.8 Å². The molecule has 0 fully saturated rings. The number of aromatic amines is 1. The van der Waals surface area contributed by atoms with E-state index in [0.717, 1.165) is 39.0 Å². The fraction of sp³-hybridized carbons (Fsp3) is 0.136. The lowest BCUT2D eigenvalue weighted by atomic mass is 10.0. The van der Waals surface area contributed by atoms with Crippen LogP contribution in [0.5, 0.6) is 5.75 Å². The van der Waals surface area contributed by atoms with E-state index >= 15 is 0 Å². The van der Waals surface area contributed by atoms with E-state index in [4.69, 9.17) is 4.74 Å². The van der Waals surface area contributed by atoms with Gasteiger partial charge in [0.2, 0.25) is 0 Å². The fourth-order valence-electron chi connectivity index (χ4n) is 2.93. The van der Waals surface area contributed by atoms with Crippen LogP contribution in [0.3, 0.4) is 0 Å². The summed E-state index contributed by atoms with van der Waals surface area (Å²) < 4.78 is 5.50. The third-order valence-corrected chi connectivity index (χ3v) is 4.30. The minimum absolute atomic E-state index is 0.300. The zero-order valence-electron chi connectivity index (χ0n) is 14.5. The lowest BCUT2D eigenvalue weighted by molar-refractivity contribution is 0.123. The molecular formula is C22H20N2O2. The number of rotatable bonds is 5. The molecule has 4 rings (SSSR count). The first-order chi connectivity index (χ1) is 12.7. The quantitative estimate of drug-likeness (QED) is 0.554. The van der Waals surface area contributed by atoms with Gasteiger partial charge < -0.3 is 14.8 Å². The summed E-state index contributed by atoms with van der Waals surface area (Å²) in [5.74, 6) is 0.762. The predicted molar refractivity (Wildman–Crippen MR) is 104 cm³/mol. The highest BCUT2D eigenvalue weighted by molar-refractivity contribution is 5.85. The average Bonchev–Trinajstić information content (AvgIpc) is 3.11. The van der Waals surface area contributed by atoms with E-state index in [1.807, 2.05) is 36.5 Å². The van der Waals surface area contributed by atoms with Crippen molar-refractivity contribution in [3.8, 4) is 28.1 Å². The second-order valence-corrected chi connectivity index (χ2v) is 6.41. The highest BCUT2D eigenvalue weighted by Gasteiger charge is 2.05. The molecule has 2 aromatic carbocycles. The van der Waals surface area contributed by atoms with E-state index in [0.29, 0.717) is 6.61 Å². The van der Waals surface area contributed by atoms with Gasteiger partial charge in [0.25, 0.3) is 0 Å². The molecule has 26 heavy (non-hydrogen) atoms. The summed E-state index contributed by atoms with van der Waals surface area (Å²) in [6, 6.07) is 20.5. The highest BCUT2D eigenvalue weighted by Crippen LogP contribution is 2.27. The Kier molecular flexibility index (Phi) is 4.42. The molecule has 0 aliphatic heterocycles. The number of hydrogen-bond donors (Lipinski definition) is 2. The average molecular weight is 344 g/mol. The molecule has 0 bridgehead atoms. The molecule has 0 spiro atoms. The van der Waals surface area contributed by atoms with Crippen molar-refractivity contribution in [1.29, 1.82) is 0 Å². The second-order valence-electron chi connectivity index (χ2n) is 6.41. The maximum absolute atomic E-state index is 9.28. The van der Waals surface area contributed by atoms with Crippen molar-refractivity contribution in [3.05, 3.63) is 73.1 Å². The zero-order chi connectivity index (χ0) is 17.9. The Morgan fingerprint density at radius 2 is 1.62 bits per heavy atom. The summed E-state index contributed by atoms with van der Waals surface area (Å²) in [5.41, 5.74) is 5.54. The van der Waals surface area contributed by atoms with E-state index in [2.05, 4.69) is 40.3 Å². The van der Waals surface area contributed by atoms with Crippen LogP contribution in [-0.4, -0.2) is 27.8 Å². The van der Waals surface area contributed by atoms with E-state index in [9.17, 15) is 5.11 Å². The highest BCUT2D eigenvalue weighted by atomic mass is 16.5. The number of ether oxygens (including phenoxy) is 1. The summed E-state index contributed by atoms with van der Waals surface area (Å²) in [7, 11) is 0. The second kappa shape index (κ2) is 7.02. The van der Waals surface area contributed by atoms with Crippen LogP contribution in [0.2, 0.25) is 0 Å². The van der Waals surface area contributed by atoms with Gasteiger partial charge in [-0.25, -0.2) is 0 Å². The number of aromatic nitrogens is 2. The number of aliphatic hydroxyl groups is 1. The van der Waals surface area contributed by atoms with Crippen LogP contribution >= 0.6 is 0 Å². The van der Waals surface area contributed by atoms with Crippen LogP contribution in [0.25, 0.3) is 33.3 Å². The predicted octanol–water partition coefficient (Wildman–Crippen LogP) is 4.66. The molecule has 0 saturated carbocycles. The monoisotopic (exact) mass is 344 g/mol. The lowest BCUT2D eigenvalue weighted by Crippen LogP contribution is -2.12. The van der Waals surface area contributed by atoms with Crippen LogP contribution in [0, 0.1) is 0 Å². The number of fused-ring (bicyclic) bond motifs is 1. The maximum Gasteiger partial charge on any atom is 0.119 e. The lowest BCUT2D eigenvalue weighted by Gasteiger charge is -2.09. The number of aliphatic hydroxyl groups excluding tert-OH is 1. The SMILES string of the molecule is C[C@@H](O)COc1ccc(-c2ccc(-c3cc4ccncc4[nH]3)cc2)cc1. The summed E-state index contributed by atoms with van der Waals surface area (Å²) >= 11 is 0. The molecule has 0 aliphatic carbocycles. The molecule has 2 heterocycles. The molecule has 2 N–H and O–H groups in total. The molecular weight excluding hydrogens is 324 g/mol. The smallest absolute Gasteiger partial charge is 0.119 e. The third kappa shape index (κ3) is 3.46. The number of H-pyrrole nitrogens is 1.